The minimum atomic E-state index is -1.60. The van der Waals surface area contributed by atoms with Gasteiger partial charge in [-0.25, -0.2) is 9.59 Å². The molecule has 0 spiro atoms. The molecule has 2 aliphatic heterocycles. The van der Waals surface area contributed by atoms with E-state index in [1.165, 1.54) is 42.7 Å². The van der Waals surface area contributed by atoms with E-state index in [-0.39, 0.29) is 11.1 Å². The number of rotatable bonds is 8. The molecule has 0 saturated heterocycles. The summed E-state index contributed by atoms with van der Waals surface area (Å²) in [6, 6.07) is 12.0. The van der Waals surface area contributed by atoms with Crippen LogP contribution in [-0.4, -0.2) is 103 Å². The summed E-state index contributed by atoms with van der Waals surface area (Å²) in [6.07, 6.45) is 3.18. The van der Waals surface area contributed by atoms with Crippen LogP contribution in [0, 0.1) is 10.8 Å². The Balaban J connectivity index is 1.91. The molecule has 46 heavy (non-hydrogen) atoms. The monoisotopic (exact) mass is 634 g/mol. The molecule has 5 rings (SSSR count). The molecule has 0 amide bonds. The summed E-state index contributed by atoms with van der Waals surface area (Å²) in [5, 5.41) is 0. The quantitative estimate of drug-likeness (QED) is 0.313. The molecule has 2 heterocycles. The first-order valence-corrected chi connectivity index (χ1v) is 14.5. The molecule has 1 aliphatic carbocycles. The molecule has 1 fully saturated rings. The van der Waals surface area contributed by atoms with Gasteiger partial charge >= 0.3 is 23.9 Å². The van der Waals surface area contributed by atoms with Crippen molar-refractivity contribution in [2.45, 2.75) is 23.9 Å². The van der Waals surface area contributed by atoms with Crippen LogP contribution in [0.4, 0.5) is 0 Å². The number of ether oxygens (including phenoxy) is 6. The second kappa shape index (κ2) is 12.1. The molecule has 0 bridgehead atoms. The Labute approximate surface area is 267 Å². The van der Waals surface area contributed by atoms with Gasteiger partial charge in [0.15, 0.2) is 0 Å². The lowest BCUT2D eigenvalue weighted by molar-refractivity contribution is -0.243. The third-order valence-corrected chi connectivity index (χ3v) is 9.71. The van der Waals surface area contributed by atoms with Crippen molar-refractivity contribution < 1.29 is 47.6 Å². The van der Waals surface area contributed by atoms with Gasteiger partial charge in [-0.05, 0) is 35.4 Å². The van der Waals surface area contributed by atoms with E-state index in [9.17, 15) is 19.2 Å². The molecule has 1 saturated carbocycles. The van der Waals surface area contributed by atoms with Gasteiger partial charge in [0.1, 0.15) is 22.3 Å². The Bertz CT molecular complexity index is 1470. The number of benzene rings is 2. The molecule has 2 aromatic carbocycles. The predicted octanol–water partition coefficient (Wildman–Crippen LogP) is 2.65. The molecule has 0 radical (unpaired) electrons. The number of carbonyl (C=O) groups is 4. The van der Waals surface area contributed by atoms with Gasteiger partial charge in [-0.2, -0.15) is 0 Å². The topological polar surface area (TPSA) is 130 Å². The van der Waals surface area contributed by atoms with Crippen LogP contribution >= 0.6 is 0 Å². The van der Waals surface area contributed by atoms with Crippen LogP contribution in [0.5, 0.6) is 11.5 Å². The second-order valence-corrected chi connectivity index (χ2v) is 11.5. The summed E-state index contributed by atoms with van der Waals surface area (Å²) in [5.41, 5.74) is -1.63. The molecule has 12 heteroatoms. The summed E-state index contributed by atoms with van der Waals surface area (Å²) < 4.78 is 32.4. The van der Waals surface area contributed by atoms with Gasteiger partial charge in [0.25, 0.3) is 0 Å². The van der Waals surface area contributed by atoms with E-state index in [1.54, 1.807) is 84.8 Å². The molecular weight excluding hydrogens is 596 g/mol. The van der Waals surface area contributed by atoms with Crippen molar-refractivity contribution in [1.29, 1.82) is 0 Å². The lowest BCUT2D eigenvalue weighted by Gasteiger charge is -2.74. The maximum atomic E-state index is 14.6. The Morgan fingerprint density at radius 1 is 0.543 bits per heavy atom. The largest absolute Gasteiger partial charge is 0.497 e. The van der Waals surface area contributed by atoms with Gasteiger partial charge in [-0.3, -0.25) is 9.59 Å². The summed E-state index contributed by atoms with van der Waals surface area (Å²) in [4.78, 5) is 59.4. The molecule has 0 aromatic heterocycles. The zero-order chi connectivity index (χ0) is 33.6. The number of carbonyl (C=O) groups excluding carboxylic acids is 4. The van der Waals surface area contributed by atoms with Gasteiger partial charge in [-0.15, -0.1) is 0 Å². The van der Waals surface area contributed by atoms with E-state index >= 15 is 0 Å². The average Bonchev–Trinajstić information content (AvgIpc) is 3.08. The number of esters is 4. The van der Waals surface area contributed by atoms with Crippen molar-refractivity contribution in [3.63, 3.8) is 0 Å². The fourth-order valence-electron chi connectivity index (χ4n) is 8.34. The highest BCUT2D eigenvalue weighted by molar-refractivity contribution is 6.00. The molecule has 3 aliphatic rings. The number of hydrogen-bond acceptors (Lipinski definition) is 12. The van der Waals surface area contributed by atoms with Crippen LogP contribution in [-0.2, 0) is 38.1 Å². The van der Waals surface area contributed by atoms with Crippen molar-refractivity contribution in [1.82, 2.24) is 9.80 Å². The molecule has 12 nitrogen and oxygen atoms in total. The minimum absolute atomic E-state index is 0.187. The normalized spacial score (nSPS) is 27.8. The smallest absolute Gasteiger partial charge is 0.335 e. The molecule has 244 valence electrons. The summed E-state index contributed by atoms with van der Waals surface area (Å²) >= 11 is 0. The standard InChI is InChI=1S/C34H38N2O10/c1-35-17-23(27(37)43-5)25(19-9-13-21(41-3)14-10-19)33(31(39)45-7)29(35)34(32(40)46-8)26(20-11-15-22(42-4)16-12-20)24(28(38)44-6)18-36(2)30(33)34/h9-18,25-26,29-30H,1-8H3. The summed E-state index contributed by atoms with van der Waals surface area (Å²) in [7, 11) is 11.5. The van der Waals surface area contributed by atoms with Crippen LogP contribution in [0.1, 0.15) is 23.0 Å². The Kier molecular flexibility index (Phi) is 8.50. The highest BCUT2D eigenvalue weighted by Crippen LogP contribution is 2.74. The first-order chi connectivity index (χ1) is 22.0. The fraction of sp³-hybridized carbons (Fsp3) is 0.412. The van der Waals surface area contributed by atoms with Gasteiger partial charge < -0.3 is 38.2 Å². The molecule has 2 aromatic rings. The highest BCUT2D eigenvalue weighted by atomic mass is 16.5. The van der Waals surface area contributed by atoms with E-state index < -0.39 is 58.6 Å². The average molecular weight is 635 g/mol. The summed E-state index contributed by atoms with van der Waals surface area (Å²) in [6.45, 7) is 0. The van der Waals surface area contributed by atoms with E-state index in [0.717, 1.165) is 0 Å². The Morgan fingerprint density at radius 3 is 1.13 bits per heavy atom. The van der Waals surface area contributed by atoms with Crippen molar-refractivity contribution in [3.8, 4) is 11.5 Å². The third kappa shape index (κ3) is 4.26. The number of nitrogens with zero attached hydrogens (tertiary/aromatic N) is 2. The fourth-order valence-corrected chi connectivity index (χ4v) is 8.34. The zero-order valence-electron chi connectivity index (χ0n) is 27.1. The van der Waals surface area contributed by atoms with Crippen LogP contribution in [0.15, 0.2) is 72.1 Å². The van der Waals surface area contributed by atoms with Gasteiger partial charge in [0.05, 0.1) is 65.9 Å². The van der Waals surface area contributed by atoms with E-state index in [0.29, 0.717) is 22.6 Å². The van der Waals surface area contributed by atoms with Crippen molar-refractivity contribution in [3.05, 3.63) is 83.2 Å². The first kappa shape index (κ1) is 32.4. The van der Waals surface area contributed by atoms with Crippen LogP contribution in [0.3, 0.4) is 0 Å². The lowest BCUT2D eigenvalue weighted by atomic mass is 9.34. The highest BCUT2D eigenvalue weighted by Gasteiger charge is 2.87. The molecule has 0 atom stereocenters. The number of methoxy groups -OCH3 is 6. The summed E-state index contributed by atoms with van der Waals surface area (Å²) in [5.74, 6) is -3.37. The van der Waals surface area contributed by atoms with E-state index in [2.05, 4.69) is 0 Å². The number of hydrogen-bond donors (Lipinski definition) is 0. The maximum absolute atomic E-state index is 14.6. The third-order valence-electron chi connectivity index (χ3n) is 9.71. The predicted molar refractivity (Wildman–Crippen MR) is 164 cm³/mol. The molecule has 0 unspecified atom stereocenters. The minimum Gasteiger partial charge on any atom is -0.497 e. The van der Waals surface area contributed by atoms with Crippen LogP contribution in [0.25, 0.3) is 0 Å². The van der Waals surface area contributed by atoms with Crippen molar-refractivity contribution >= 4 is 23.9 Å². The zero-order valence-corrected chi connectivity index (χ0v) is 27.1. The van der Waals surface area contributed by atoms with Crippen molar-refractivity contribution in [2.75, 3.05) is 56.8 Å². The number of fused-ring (bicyclic) bond motifs is 4. The van der Waals surface area contributed by atoms with E-state index in [4.69, 9.17) is 28.4 Å². The maximum Gasteiger partial charge on any atom is 0.335 e. The second-order valence-electron chi connectivity index (χ2n) is 11.5. The van der Waals surface area contributed by atoms with Gasteiger partial charge in [0, 0.05) is 38.3 Å². The van der Waals surface area contributed by atoms with Crippen LogP contribution in [0.2, 0.25) is 0 Å². The SMILES string of the molecule is COC(=O)C1=CN(C)C2C(C(=O)OC)(C1c1ccc(OC)cc1)C1N(C)C=C(C(=O)OC)C(c3ccc(OC)cc3)C21C(=O)OC. The Hall–Kier alpha value is -5.00. The Morgan fingerprint density at radius 2 is 0.870 bits per heavy atom. The van der Waals surface area contributed by atoms with E-state index in [1.807, 2.05) is 0 Å². The first-order valence-electron chi connectivity index (χ1n) is 14.5. The van der Waals surface area contributed by atoms with Gasteiger partial charge in [-0.1, -0.05) is 24.3 Å². The van der Waals surface area contributed by atoms with Crippen LogP contribution < -0.4 is 9.47 Å². The van der Waals surface area contributed by atoms with Crippen molar-refractivity contribution in [2.24, 2.45) is 10.8 Å². The van der Waals surface area contributed by atoms with Gasteiger partial charge in [0.2, 0.25) is 0 Å². The lowest BCUT2D eigenvalue weighted by Crippen LogP contribution is -2.88. The molecule has 0 N–H and O–H groups in total. The molecular formula is C34H38N2O10.